The Morgan fingerprint density at radius 3 is 2.69 bits per heavy atom. The number of aromatic nitrogens is 3. The summed E-state index contributed by atoms with van der Waals surface area (Å²) in [6, 6.07) is 4.82. The highest BCUT2D eigenvalue weighted by Crippen LogP contribution is 2.27. The Morgan fingerprint density at radius 2 is 2.04 bits per heavy atom. The molecule has 2 aromatic heterocycles. The molecule has 1 aliphatic heterocycles. The molecule has 0 N–H and O–H groups in total. The molecule has 3 heterocycles. The lowest BCUT2D eigenvalue weighted by atomic mass is 10.0. The van der Waals surface area contributed by atoms with Crippen molar-refractivity contribution in [1.82, 2.24) is 19.9 Å². The maximum atomic E-state index is 12.6. The van der Waals surface area contributed by atoms with Gasteiger partial charge in [-0.05, 0) is 37.9 Å². The predicted octanol–water partition coefficient (Wildman–Crippen LogP) is 3.30. The van der Waals surface area contributed by atoms with Crippen LogP contribution in [0.5, 0.6) is 0 Å². The van der Waals surface area contributed by atoms with Gasteiger partial charge in [-0.25, -0.2) is 9.97 Å². The molecule has 1 atom stereocenters. The molecule has 140 valence electrons. The maximum absolute atomic E-state index is 12.6. The number of hydrogen-bond acceptors (Lipinski definition) is 5. The zero-order valence-electron chi connectivity index (χ0n) is 14.9. The molecule has 1 fully saturated rings. The molecule has 0 spiro atoms. The van der Waals surface area contributed by atoms with Crippen LogP contribution in [0.2, 0.25) is 0 Å². The molecule has 0 aromatic carbocycles. The van der Waals surface area contributed by atoms with Gasteiger partial charge >= 0.3 is 6.18 Å². The highest BCUT2D eigenvalue weighted by Gasteiger charge is 2.32. The average Bonchev–Trinajstić information content (AvgIpc) is 2.61. The van der Waals surface area contributed by atoms with Crippen LogP contribution in [-0.4, -0.2) is 46.0 Å². The van der Waals surface area contributed by atoms with Gasteiger partial charge in [0.05, 0.1) is 0 Å². The standard InChI is InChI=1S/C18H22F3N5/c1-13-8-17(24-12-23-13)25(2)15-4-3-7-26(11-15)10-14-5-6-16(22-9-14)18(19,20)21/h5-6,8-9,12,15H,3-4,7,10-11H2,1-2H3. The molecule has 1 aliphatic rings. The summed E-state index contributed by atoms with van der Waals surface area (Å²) in [6.07, 6.45) is 0.584. The van der Waals surface area contributed by atoms with Crippen molar-refractivity contribution in [2.75, 3.05) is 25.0 Å². The molecule has 26 heavy (non-hydrogen) atoms. The molecule has 2 aromatic rings. The number of rotatable bonds is 4. The molecule has 5 nitrogen and oxygen atoms in total. The summed E-state index contributed by atoms with van der Waals surface area (Å²) >= 11 is 0. The molecule has 3 rings (SSSR count). The topological polar surface area (TPSA) is 45.2 Å². The summed E-state index contributed by atoms with van der Waals surface area (Å²) in [7, 11) is 2.02. The molecule has 1 saturated heterocycles. The van der Waals surface area contributed by atoms with E-state index in [0.29, 0.717) is 12.6 Å². The van der Waals surface area contributed by atoms with Crippen LogP contribution in [0.1, 0.15) is 29.8 Å². The van der Waals surface area contributed by atoms with Crippen LogP contribution in [0.25, 0.3) is 0 Å². The van der Waals surface area contributed by atoms with Crippen molar-refractivity contribution in [2.45, 2.75) is 38.5 Å². The first-order chi connectivity index (χ1) is 12.3. The summed E-state index contributed by atoms with van der Waals surface area (Å²) in [4.78, 5) is 16.4. The number of nitrogens with zero attached hydrogens (tertiary/aromatic N) is 5. The fourth-order valence-corrected chi connectivity index (χ4v) is 3.26. The van der Waals surface area contributed by atoms with Gasteiger partial charge in [-0.15, -0.1) is 0 Å². The third kappa shape index (κ3) is 4.49. The van der Waals surface area contributed by atoms with Crippen molar-refractivity contribution < 1.29 is 13.2 Å². The Labute approximate surface area is 150 Å². The molecular formula is C18H22F3N5. The van der Waals surface area contributed by atoms with Crippen molar-refractivity contribution in [2.24, 2.45) is 0 Å². The molecule has 0 bridgehead atoms. The van der Waals surface area contributed by atoms with Crippen LogP contribution in [0.3, 0.4) is 0 Å². The zero-order valence-corrected chi connectivity index (χ0v) is 14.9. The summed E-state index contributed by atoms with van der Waals surface area (Å²) in [6.45, 7) is 4.29. The van der Waals surface area contributed by atoms with Crippen molar-refractivity contribution in [3.05, 3.63) is 47.7 Å². The first-order valence-corrected chi connectivity index (χ1v) is 8.59. The molecule has 1 unspecified atom stereocenters. The van der Waals surface area contributed by atoms with Crippen LogP contribution < -0.4 is 4.90 Å². The van der Waals surface area contributed by atoms with E-state index in [2.05, 4.69) is 24.8 Å². The minimum Gasteiger partial charge on any atom is -0.355 e. The van der Waals surface area contributed by atoms with Gasteiger partial charge in [-0.1, -0.05) is 6.07 Å². The van der Waals surface area contributed by atoms with E-state index in [4.69, 9.17) is 0 Å². The summed E-state index contributed by atoms with van der Waals surface area (Å²) in [5.41, 5.74) is 0.862. The van der Waals surface area contributed by atoms with Gasteiger partial charge < -0.3 is 4.90 Å². The van der Waals surface area contributed by atoms with Crippen LogP contribution in [0.4, 0.5) is 19.0 Å². The van der Waals surface area contributed by atoms with Gasteiger partial charge in [0.15, 0.2) is 0 Å². The number of hydrogen-bond donors (Lipinski definition) is 0. The maximum Gasteiger partial charge on any atom is 0.433 e. The van der Waals surface area contributed by atoms with E-state index in [1.807, 2.05) is 20.0 Å². The van der Waals surface area contributed by atoms with Gasteiger partial charge in [0.1, 0.15) is 17.8 Å². The fraction of sp³-hybridized carbons (Fsp3) is 0.500. The minimum atomic E-state index is -4.40. The Morgan fingerprint density at radius 1 is 1.23 bits per heavy atom. The Hall–Kier alpha value is -2.22. The molecule has 0 radical (unpaired) electrons. The lowest BCUT2D eigenvalue weighted by Gasteiger charge is -2.38. The van der Waals surface area contributed by atoms with E-state index >= 15 is 0 Å². The molecular weight excluding hydrogens is 343 g/mol. The fourth-order valence-electron chi connectivity index (χ4n) is 3.26. The van der Waals surface area contributed by atoms with E-state index in [-0.39, 0.29) is 0 Å². The van der Waals surface area contributed by atoms with Crippen molar-refractivity contribution in [3.63, 3.8) is 0 Å². The average molecular weight is 365 g/mol. The summed E-state index contributed by atoms with van der Waals surface area (Å²) < 4.78 is 37.9. The quantitative estimate of drug-likeness (QED) is 0.832. The second-order valence-corrected chi connectivity index (χ2v) is 6.71. The predicted molar refractivity (Wildman–Crippen MR) is 92.7 cm³/mol. The number of aryl methyl sites for hydroxylation is 1. The van der Waals surface area contributed by atoms with Crippen molar-refractivity contribution in [1.29, 1.82) is 0 Å². The van der Waals surface area contributed by atoms with Crippen LogP contribution in [0.15, 0.2) is 30.7 Å². The van der Waals surface area contributed by atoms with Gasteiger partial charge in [-0.3, -0.25) is 9.88 Å². The number of alkyl halides is 3. The SMILES string of the molecule is Cc1cc(N(C)C2CCCN(Cc3ccc(C(F)(F)F)nc3)C2)ncn1. The number of piperidine rings is 1. The van der Waals surface area contributed by atoms with E-state index in [0.717, 1.165) is 49.1 Å². The van der Waals surface area contributed by atoms with E-state index in [1.165, 1.54) is 12.3 Å². The normalized spacial score (nSPS) is 18.7. The largest absolute Gasteiger partial charge is 0.433 e. The van der Waals surface area contributed by atoms with Crippen molar-refractivity contribution in [3.8, 4) is 0 Å². The van der Waals surface area contributed by atoms with Crippen LogP contribution >= 0.6 is 0 Å². The van der Waals surface area contributed by atoms with E-state index in [1.54, 1.807) is 6.33 Å². The zero-order chi connectivity index (χ0) is 18.7. The van der Waals surface area contributed by atoms with Crippen LogP contribution in [-0.2, 0) is 12.7 Å². The van der Waals surface area contributed by atoms with Gasteiger partial charge in [-0.2, -0.15) is 13.2 Å². The lowest BCUT2D eigenvalue weighted by molar-refractivity contribution is -0.141. The monoisotopic (exact) mass is 365 g/mol. The molecule has 0 aliphatic carbocycles. The van der Waals surface area contributed by atoms with E-state index in [9.17, 15) is 13.2 Å². The summed E-state index contributed by atoms with van der Waals surface area (Å²) in [5, 5.41) is 0. The Kier molecular flexibility index (Phi) is 5.41. The minimum absolute atomic E-state index is 0.306. The number of pyridine rings is 1. The Bertz CT molecular complexity index is 732. The number of halogens is 3. The third-order valence-electron chi connectivity index (χ3n) is 4.70. The van der Waals surface area contributed by atoms with E-state index < -0.39 is 11.9 Å². The smallest absolute Gasteiger partial charge is 0.355 e. The highest BCUT2D eigenvalue weighted by molar-refractivity contribution is 5.39. The molecule has 8 heteroatoms. The Balaban J connectivity index is 1.63. The third-order valence-corrected chi connectivity index (χ3v) is 4.70. The second kappa shape index (κ2) is 7.57. The van der Waals surface area contributed by atoms with Gasteiger partial charge in [0.2, 0.25) is 0 Å². The van der Waals surface area contributed by atoms with Gasteiger partial charge in [0.25, 0.3) is 0 Å². The van der Waals surface area contributed by atoms with Gasteiger partial charge in [0, 0.05) is 44.1 Å². The van der Waals surface area contributed by atoms with Crippen molar-refractivity contribution >= 4 is 5.82 Å². The molecule has 0 amide bonds. The summed E-state index contributed by atoms with van der Waals surface area (Å²) in [5.74, 6) is 0.889. The van der Waals surface area contributed by atoms with Crippen LogP contribution in [0, 0.1) is 6.92 Å². The lowest BCUT2D eigenvalue weighted by Crippen LogP contribution is -2.46. The molecule has 0 saturated carbocycles. The first-order valence-electron chi connectivity index (χ1n) is 8.59. The number of likely N-dealkylation sites (tertiary alicyclic amines) is 1. The second-order valence-electron chi connectivity index (χ2n) is 6.71. The number of likely N-dealkylation sites (N-methyl/N-ethyl adjacent to an activating group) is 1. The first kappa shape index (κ1) is 18.6. The highest BCUT2D eigenvalue weighted by atomic mass is 19.4. The number of anilines is 1.